The molecule has 3 heteroatoms. The summed E-state index contributed by atoms with van der Waals surface area (Å²) in [6.07, 6.45) is 4.35. The lowest BCUT2D eigenvalue weighted by atomic mass is 10.1. The molecule has 0 aromatic carbocycles. The molecule has 1 atom stereocenters. The second-order valence-electron chi connectivity index (χ2n) is 3.05. The Balaban J connectivity index is 2.15. The highest BCUT2D eigenvalue weighted by Crippen LogP contribution is 2.15. The zero-order valence-electron chi connectivity index (χ0n) is 7.64. The molecule has 0 aromatic heterocycles. The van der Waals surface area contributed by atoms with Crippen LogP contribution in [-0.4, -0.2) is 25.2 Å². The van der Waals surface area contributed by atoms with Crippen molar-refractivity contribution in [1.82, 2.24) is 0 Å². The van der Waals surface area contributed by atoms with E-state index in [0.29, 0.717) is 18.9 Å². The van der Waals surface area contributed by atoms with E-state index in [9.17, 15) is 0 Å². The molecular weight excluding hydrogens is 154 g/mol. The Kier molecular flexibility index (Phi) is 4.08. The Hall–Kier alpha value is -0.570. The standard InChI is InChI=1S/C9H17NO2/c1-2-11-9(10)7-8-5-3-4-6-12-8/h8,10H,2-7H2,1H3. The van der Waals surface area contributed by atoms with Crippen molar-refractivity contribution in [3.8, 4) is 0 Å². The maximum absolute atomic E-state index is 7.42. The van der Waals surface area contributed by atoms with Crippen LogP contribution in [0.3, 0.4) is 0 Å². The molecule has 0 aliphatic carbocycles. The number of hydrogen-bond donors (Lipinski definition) is 1. The molecule has 0 spiro atoms. The second-order valence-corrected chi connectivity index (χ2v) is 3.05. The van der Waals surface area contributed by atoms with Crippen molar-refractivity contribution in [3.05, 3.63) is 0 Å². The fraction of sp³-hybridized carbons (Fsp3) is 0.889. The van der Waals surface area contributed by atoms with Gasteiger partial charge in [-0.3, -0.25) is 5.41 Å². The molecule has 1 aliphatic heterocycles. The molecule has 1 N–H and O–H groups in total. The predicted octanol–water partition coefficient (Wildman–Crippen LogP) is 1.96. The van der Waals surface area contributed by atoms with Crippen molar-refractivity contribution in [2.75, 3.05) is 13.2 Å². The first-order valence-corrected chi connectivity index (χ1v) is 4.64. The van der Waals surface area contributed by atoms with Crippen LogP contribution < -0.4 is 0 Å². The molecular formula is C9H17NO2. The normalized spacial score (nSPS) is 23.6. The minimum Gasteiger partial charge on any atom is -0.481 e. The van der Waals surface area contributed by atoms with E-state index in [1.807, 2.05) is 6.92 Å². The van der Waals surface area contributed by atoms with E-state index in [1.165, 1.54) is 12.8 Å². The lowest BCUT2D eigenvalue weighted by molar-refractivity contribution is 0.0177. The van der Waals surface area contributed by atoms with Crippen molar-refractivity contribution >= 4 is 5.90 Å². The predicted molar refractivity (Wildman–Crippen MR) is 47.6 cm³/mol. The summed E-state index contributed by atoms with van der Waals surface area (Å²) in [5, 5.41) is 7.42. The minimum absolute atomic E-state index is 0.234. The van der Waals surface area contributed by atoms with Crippen molar-refractivity contribution < 1.29 is 9.47 Å². The molecule has 1 heterocycles. The van der Waals surface area contributed by atoms with Gasteiger partial charge in [-0.1, -0.05) is 0 Å². The molecule has 0 saturated carbocycles. The van der Waals surface area contributed by atoms with Gasteiger partial charge in [0, 0.05) is 13.0 Å². The number of ether oxygens (including phenoxy) is 2. The van der Waals surface area contributed by atoms with E-state index in [0.717, 1.165) is 13.0 Å². The Bertz CT molecular complexity index is 141. The van der Waals surface area contributed by atoms with Gasteiger partial charge in [-0.05, 0) is 26.2 Å². The van der Waals surface area contributed by atoms with Crippen LogP contribution in [0, 0.1) is 5.41 Å². The van der Waals surface area contributed by atoms with E-state index in [-0.39, 0.29) is 6.10 Å². The van der Waals surface area contributed by atoms with Crippen LogP contribution >= 0.6 is 0 Å². The van der Waals surface area contributed by atoms with Crippen LogP contribution in [-0.2, 0) is 9.47 Å². The fourth-order valence-corrected chi connectivity index (χ4v) is 1.41. The summed E-state index contributed by atoms with van der Waals surface area (Å²) in [5.74, 6) is 0.365. The van der Waals surface area contributed by atoms with Gasteiger partial charge in [0.25, 0.3) is 0 Å². The van der Waals surface area contributed by atoms with Gasteiger partial charge in [0.15, 0.2) is 5.90 Å². The third-order valence-corrected chi connectivity index (χ3v) is 2.01. The van der Waals surface area contributed by atoms with Crippen molar-refractivity contribution in [1.29, 1.82) is 5.41 Å². The zero-order chi connectivity index (χ0) is 8.81. The molecule has 1 rings (SSSR count). The first-order valence-electron chi connectivity index (χ1n) is 4.64. The lowest BCUT2D eigenvalue weighted by Crippen LogP contribution is -2.23. The van der Waals surface area contributed by atoms with E-state index in [1.54, 1.807) is 0 Å². The Labute approximate surface area is 73.6 Å². The van der Waals surface area contributed by atoms with Gasteiger partial charge in [-0.25, -0.2) is 0 Å². The molecule has 0 amide bonds. The van der Waals surface area contributed by atoms with E-state index in [2.05, 4.69) is 0 Å². The van der Waals surface area contributed by atoms with Gasteiger partial charge < -0.3 is 9.47 Å². The molecule has 0 aromatic rings. The molecule has 1 aliphatic rings. The highest BCUT2D eigenvalue weighted by Gasteiger charge is 2.15. The first-order chi connectivity index (χ1) is 5.83. The molecule has 1 saturated heterocycles. The van der Waals surface area contributed by atoms with Gasteiger partial charge in [-0.2, -0.15) is 0 Å². The molecule has 0 radical (unpaired) electrons. The average Bonchev–Trinajstić information content (AvgIpc) is 2.06. The lowest BCUT2D eigenvalue weighted by Gasteiger charge is -2.22. The number of rotatable bonds is 3. The highest BCUT2D eigenvalue weighted by molar-refractivity contribution is 5.73. The van der Waals surface area contributed by atoms with Crippen LogP contribution in [0.4, 0.5) is 0 Å². The SMILES string of the molecule is CCOC(=N)CC1CCCCO1. The monoisotopic (exact) mass is 171 g/mol. The summed E-state index contributed by atoms with van der Waals surface area (Å²) in [7, 11) is 0. The van der Waals surface area contributed by atoms with Gasteiger partial charge in [0.05, 0.1) is 12.7 Å². The maximum Gasteiger partial charge on any atom is 0.182 e. The van der Waals surface area contributed by atoms with Crippen molar-refractivity contribution in [2.24, 2.45) is 0 Å². The Morgan fingerprint density at radius 1 is 1.58 bits per heavy atom. The van der Waals surface area contributed by atoms with Gasteiger partial charge in [-0.15, -0.1) is 0 Å². The maximum atomic E-state index is 7.42. The summed E-state index contributed by atoms with van der Waals surface area (Å²) in [6, 6.07) is 0. The minimum atomic E-state index is 0.234. The van der Waals surface area contributed by atoms with E-state index in [4.69, 9.17) is 14.9 Å². The summed E-state index contributed by atoms with van der Waals surface area (Å²) in [5.41, 5.74) is 0. The van der Waals surface area contributed by atoms with Gasteiger partial charge >= 0.3 is 0 Å². The van der Waals surface area contributed by atoms with Crippen molar-refractivity contribution in [2.45, 2.75) is 38.7 Å². The summed E-state index contributed by atoms with van der Waals surface area (Å²) < 4.78 is 10.5. The molecule has 3 nitrogen and oxygen atoms in total. The number of hydrogen-bond acceptors (Lipinski definition) is 3. The fourth-order valence-electron chi connectivity index (χ4n) is 1.41. The Morgan fingerprint density at radius 2 is 2.42 bits per heavy atom. The zero-order valence-corrected chi connectivity index (χ0v) is 7.64. The molecule has 1 unspecified atom stereocenters. The average molecular weight is 171 g/mol. The molecule has 0 bridgehead atoms. The molecule has 70 valence electrons. The van der Waals surface area contributed by atoms with E-state index >= 15 is 0 Å². The van der Waals surface area contributed by atoms with Gasteiger partial charge in [0.1, 0.15) is 0 Å². The van der Waals surface area contributed by atoms with Crippen LogP contribution in [0.5, 0.6) is 0 Å². The largest absolute Gasteiger partial charge is 0.481 e. The molecule has 12 heavy (non-hydrogen) atoms. The van der Waals surface area contributed by atoms with E-state index < -0.39 is 0 Å². The van der Waals surface area contributed by atoms with Crippen LogP contribution in [0.15, 0.2) is 0 Å². The summed E-state index contributed by atoms with van der Waals surface area (Å²) in [4.78, 5) is 0. The quantitative estimate of drug-likeness (QED) is 0.521. The van der Waals surface area contributed by atoms with Crippen LogP contribution in [0.2, 0.25) is 0 Å². The summed E-state index contributed by atoms with van der Waals surface area (Å²) >= 11 is 0. The molecule has 1 fully saturated rings. The third kappa shape index (κ3) is 3.22. The highest BCUT2D eigenvalue weighted by atomic mass is 16.5. The topological polar surface area (TPSA) is 42.3 Å². The van der Waals surface area contributed by atoms with Crippen LogP contribution in [0.25, 0.3) is 0 Å². The smallest absolute Gasteiger partial charge is 0.182 e. The van der Waals surface area contributed by atoms with Crippen LogP contribution in [0.1, 0.15) is 32.6 Å². The first kappa shape index (κ1) is 9.52. The Morgan fingerprint density at radius 3 is 3.00 bits per heavy atom. The second kappa shape index (κ2) is 5.14. The third-order valence-electron chi connectivity index (χ3n) is 2.01. The summed E-state index contributed by atoms with van der Waals surface area (Å²) in [6.45, 7) is 3.34. The van der Waals surface area contributed by atoms with Crippen molar-refractivity contribution in [3.63, 3.8) is 0 Å². The number of nitrogens with one attached hydrogen (secondary N) is 1. The van der Waals surface area contributed by atoms with Gasteiger partial charge in [0.2, 0.25) is 0 Å².